The molecule has 0 saturated carbocycles. The van der Waals surface area contributed by atoms with Crippen LogP contribution in [0.2, 0.25) is 0 Å². The summed E-state index contributed by atoms with van der Waals surface area (Å²) < 4.78 is 34.0. The number of nitrogens with zero attached hydrogens (tertiary/aromatic N) is 2. The van der Waals surface area contributed by atoms with Gasteiger partial charge in [0.1, 0.15) is 22.8 Å². The number of aryl methyl sites for hydroxylation is 2. The Kier molecular flexibility index (Phi) is 11.8. The molecule has 45 heavy (non-hydrogen) atoms. The maximum absolute atomic E-state index is 13.1. The van der Waals surface area contributed by atoms with Crippen molar-refractivity contribution < 1.29 is 52.6 Å². The van der Waals surface area contributed by atoms with Gasteiger partial charge in [0.15, 0.2) is 0 Å². The van der Waals surface area contributed by atoms with Crippen molar-refractivity contribution in [3.63, 3.8) is 0 Å². The van der Waals surface area contributed by atoms with Crippen LogP contribution in [0.1, 0.15) is 81.0 Å². The van der Waals surface area contributed by atoms with Crippen LogP contribution in [0.4, 0.5) is 8.78 Å². The summed E-state index contributed by atoms with van der Waals surface area (Å²) in [6.45, 7) is 0. The number of benzene rings is 2. The van der Waals surface area contributed by atoms with E-state index in [0.717, 1.165) is 61.0 Å². The van der Waals surface area contributed by atoms with Crippen LogP contribution in [0.15, 0.2) is 82.4 Å². The van der Waals surface area contributed by atoms with Crippen molar-refractivity contribution in [3.8, 4) is 0 Å². The minimum Gasteiger partial charge on any atom is -0.870 e. The summed E-state index contributed by atoms with van der Waals surface area (Å²) in [6.07, 6.45) is 4.90. The van der Waals surface area contributed by atoms with E-state index >= 15 is 0 Å². The number of pyridine rings is 2. The first-order chi connectivity index (χ1) is 20.7. The third kappa shape index (κ3) is 7.34. The Morgan fingerprint density at radius 2 is 1.11 bits per heavy atom. The van der Waals surface area contributed by atoms with E-state index in [-0.39, 0.29) is 64.7 Å². The van der Waals surface area contributed by atoms with Gasteiger partial charge in [-0.3, -0.25) is 9.59 Å². The Balaban J connectivity index is 0.000000235. The molecule has 6 rings (SSSR count). The number of ether oxygens (including phenoxy) is 1. The average Bonchev–Trinajstić information content (AvgIpc) is 3.01. The molecule has 2 aliphatic rings. The van der Waals surface area contributed by atoms with E-state index in [0.29, 0.717) is 0 Å². The van der Waals surface area contributed by atoms with Crippen LogP contribution in [0.25, 0.3) is 0 Å². The number of aromatic carboxylic acids is 1. The third-order valence-corrected chi connectivity index (χ3v) is 7.99. The van der Waals surface area contributed by atoms with Crippen LogP contribution in [-0.2, 0) is 17.6 Å². The van der Waals surface area contributed by atoms with Gasteiger partial charge in [-0.15, -0.1) is 0 Å². The van der Waals surface area contributed by atoms with E-state index in [4.69, 9.17) is 5.11 Å². The first kappa shape index (κ1) is 35.2. The molecule has 0 bridgehead atoms. The molecule has 9 nitrogen and oxygen atoms in total. The molecular weight excluding hydrogens is 581 g/mol. The zero-order valence-electron chi connectivity index (χ0n) is 24.9. The summed E-state index contributed by atoms with van der Waals surface area (Å²) in [5.41, 5.74) is 2.36. The van der Waals surface area contributed by atoms with Crippen molar-refractivity contribution in [2.24, 2.45) is 0 Å². The smallest absolute Gasteiger partial charge is 0.870 e. The van der Waals surface area contributed by atoms with Crippen LogP contribution in [0, 0.1) is 11.6 Å². The number of fused-ring (bicyclic) bond motifs is 2. The average molecular weight is 613 g/mol. The Bertz CT molecular complexity index is 1790. The van der Waals surface area contributed by atoms with Gasteiger partial charge < -0.3 is 24.5 Å². The van der Waals surface area contributed by atoms with Gasteiger partial charge in [-0.2, -0.15) is 0 Å². The number of carbonyl (C=O) groups excluding carboxylic acids is 1. The molecule has 0 saturated heterocycles. The fourth-order valence-electron chi connectivity index (χ4n) is 5.91. The number of carbonyl (C=O) groups is 2. The summed E-state index contributed by atoms with van der Waals surface area (Å²) in [5.74, 6) is -2.50. The molecule has 2 atom stereocenters. The number of methoxy groups -OCH3 is 1. The molecule has 2 N–H and O–H groups in total. The number of hydrogen-bond acceptors (Lipinski definition) is 6. The van der Waals surface area contributed by atoms with Gasteiger partial charge in [0, 0.05) is 11.4 Å². The predicted molar refractivity (Wildman–Crippen MR) is 157 cm³/mol. The van der Waals surface area contributed by atoms with Gasteiger partial charge in [-0.25, -0.2) is 18.4 Å². The van der Waals surface area contributed by atoms with Crippen LogP contribution in [0.5, 0.6) is 0 Å². The van der Waals surface area contributed by atoms with E-state index in [1.54, 1.807) is 45.5 Å². The first-order valence-corrected chi connectivity index (χ1v) is 14.0. The third-order valence-electron chi connectivity index (χ3n) is 7.99. The predicted octanol–water partition coefficient (Wildman–Crippen LogP) is 2.14. The van der Waals surface area contributed by atoms with Gasteiger partial charge in [-0.1, -0.05) is 24.3 Å². The number of aromatic nitrogens is 2. The molecule has 0 spiro atoms. The molecule has 2 aromatic carbocycles. The standard InChI is InChI=1S/C17H16FNO3.C16H14FNO3.Li.H2O/c1-22-17(21)14-10-9-13-3-2-4-15(19(13)16(14)20)11-5-7-12(18)8-6-11;17-11-6-4-10(5-7-11)14-3-1-2-12-8-9-13(16(20)21)15(19)18(12)14;;/h5-10,15H,2-4H2,1H3;4-9,14H,1-3H2,(H,20,21);;1H2/q;;+1;/p-1. The molecule has 230 valence electrons. The zero-order chi connectivity index (χ0) is 30.7. The van der Waals surface area contributed by atoms with Crippen LogP contribution < -0.4 is 30.0 Å². The van der Waals surface area contributed by atoms with Gasteiger partial charge in [0.2, 0.25) is 0 Å². The van der Waals surface area contributed by atoms with E-state index < -0.39 is 17.5 Å². The number of rotatable bonds is 4. The summed E-state index contributed by atoms with van der Waals surface area (Å²) in [4.78, 5) is 47.9. The summed E-state index contributed by atoms with van der Waals surface area (Å²) in [7, 11) is 1.25. The Morgan fingerprint density at radius 3 is 1.51 bits per heavy atom. The maximum atomic E-state index is 13.1. The summed E-state index contributed by atoms with van der Waals surface area (Å²) in [5, 5.41) is 9.10. The number of hydrogen-bond donors (Lipinski definition) is 1. The summed E-state index contributed by atoms with van der Waals surface area (Å²) in [6, 6.07) is 18.1. The molecule has 2 aromatic heterocycles. The fraction of sp³-hybridized carbons (Fsp3) is 0.273. The van der Waals surface area contributed by atoms with Crippen molar-refractivity contribution in [1.29, 1.82) is 0 Å². The molecule has 2 aliphatic heterocycles. The zero-order valence-corrected chi connectivity index (χ0v) is 24.9. The molecule has 4 aromatic rings. The second kappa shape index (κ2) is 15.1. The minimum atomic E-state index is -1.22. The maximum Gasteiger partial charge on any atom is 1.00 e. The largest absolute Gasteiger partial charge is 1.00 e. The van der Waals surface area contributed by atoms with Gasteiger partial charge in [-0.05, 0) is 98.2 Å². The van der Waals surface area contributed by atoms with Gasteiger partial charge in [0.25, 0.3) is 11.1 Å². The van der Waals surface area contributed by atoms with Crippen molar-refractivity contribution in [1.82, 2.24) is 9.13 Å². The van der Waals surface area contributed by atoms with Crippen LogP contribution in [-0.4, -0.2) is 38.8 Å². The van der Waals surface area contributed by atoms with Crippen molar-refractivity contribution in [3.05, 3.63) is 139 Å². The fourth-order valence-corrected chi connectivity index (χ4v) is 5.91. The van der Waals surface area contributed by atoms with Crippen LogP contribution in [0.3, 0.4) is 0 Å². The van der Waals surface area contributed by atoms with Crippen molar-refractivity contribution >= 4 is 11.9 Å². The SMILES string of the molecule is COC(=O)c1ccc2n(c1=O)C(c1ccc(F)cc1)CCC2.O=C(O)c1ccc2n(c1=O)C(c1ccc(F)cc1)CCC2.[Li+].[OH-]. The Morgan fingerprint density at radius 1 is 0.711 bits per heavy atom. The second-order valence-corrected chi connectivity index (χ2v) is 10.5. The van der Waals surface area contributed by atoms with Gasteiger partial charge in [0.05, 0.1) is 19.2 Å². The molecule has 0 amide bonds. The van der Waals surface area contributed by atoms with Crippen LogP contribution >= 0.6 is 0 Å². The number of halogens is 2. The number of esters is 1. The molecule has 0 radical (unpaired) electrons. The van der Waals surface area contributed by atoms with E-state index in [1.807, 2.05) is 0 Å². The molecule has 0 aliphatic carbocycles. The topological polar surface area (TPSA) is 138 Å². The van der Waals surface area contributed by atoms with Gasteiger partial charge >= 0.3 is 30.8 Å². The Hall–Kier alpha value is -4.30. The second-order valence-electron chi connectivity index (χ2n) is 10.5. The normalized spacial score (nSPS) is 16.3. The van der Waals surface area contributed by atoms with E-state index in [9.17, 15) is 28.0 Å². The first-order valence-electron chi connectivity index (χ1n) is 14.0. The number of carboxylic acid groups (broad SMARTS) is 1. The quantitative estimate of drug-likeness (QED) is 0.275. The summed E-state index contributed by atoms with van der Waals surface area (Å²) >= 11 is 0. The molecule has 12 heteroatoms. The molecule has 0 fully saturated rings. The molecule has 4 heterocycles. The van der Waals surface area contributed by atoms with Crippen molar-refractivity contribution in [2.45, 2.75) is 50.6 Å². The minimum absolute atomic E-state index is 0. The van der Waals surface area contributed by atoms with E-state index in [2.05, 4.69) is 4.74 Å². The van der Waals surface area contributed by atoms with E-state index in [1.165, 1.54) is 43.5 Å². The molecular formula is C33H31F2LiN2O7. The molecule has 2 unspecified atom stereocenters. The number of carboxylic acids is 1. The Labute approximate surface area is 269 Å². The monoisotopic (exact) mass is 612 g/mol. The van der Waals surface area contributed by atoms with Crippen molar-refractivity contribution in [2.75, 3.05) is 7.11 Å².